The van der Waals surface area contributed by atoms with E-state index in [0.717, 1.165) is 5.92 Å². The molecule has 0 spiro atoms. The summed E-state index contributed by atoms with van der Waals surface area (Å²) in [6.45, 7) is 2.25. The van der Waals surface area contributed by atoms with E-state index < -0.39 is 0 Å². The van der Waals surface area contributed by atoms with E-state index in [1.54, 1.807) is 0 Å². The van der Waals surface area contributed by atoms with Gasteiger partial charge in [0.2, 0.25) is 0 Å². The van der Waals surface area contributed by atoms with Crippen LogP contribution in [-0.2, 0) is 6.42 Å². The van der Waals surface area contributed by atoms with E-state index in [2.05, 4.69) is 31.2 Å². The Hall–Kier alpha value is -0.780. The van der Waals surface area contributed by atoms with E-state index in [4.69, 9.17) is 0 Å². The molecule has 0 bridgehead atoms. The lowest BCUT2D eigenvalue weighted by Gasteiger charge is -2.22. The number of benzene rings is 1. The first kappa shape index (κ1) is 11.7. The summed E-state index contributed by atoms with van der Waals surface area (Å²) < 4.78 is 0. The molecule has 0 amide bonds. The Kier molecular flexibility index (Phi) is 4.44. The molecule has 1 aliphatic rings. The highest BCUT2D eigenvalue weighted by Crippen LogP contribution is 2.32. The lowest BCUT2D eigenvalue weighted by molar-refractivity contribution is 0.443. The lowest BCUT2D eigenvalue weighted by atomic mass is 9.83. The summed E-state index contributed by atoms with van der Waals surface area (Å²) >= 11 is 0. The molecule has 0 unspecified atom stereocenters. The molecule has 0 N–H and O–H groups in total. The number of unbranched alkanes of at least 4 members (excludes halogenated alkanes) is 1. The number of rotatable bonds is 4. The van der Waals surface area contributed by atoms with Crippen LogP contribution in [-0.4, -0.2) is 0 Å². The molecule has 1 saturated carbocycles. The van der Waals surface area contributed by atoms with Crippen LogP contribution in [0.4, 0.5) is 0 Å². The molecule has 1 fully saturated rings. The summed E-state index contributed by atoms with van der Waals surface area (Å²) in [5.74, 6) is 0.801. The van der Waals surface area contributed by atoms with Gasteiger partial charge in [-0.2, -0.15) is 0 Å². The molecule has 0 atom stereocenters. The van der Waals surface area contributed by atoms with Crippen LogP contribution in [0.1, 0.15) is 68.9 Å². The quantitative estimate of drug-likeness (QED) is 0.671. The van der Waals surface area contributed by atoms with Crippen molar-refractivity contribution >= 4 is 0 Å². The van der Waals surface area contributed by atoms with Gasteiger partial charge in [-0.3, -0.25) is 0 Å². The largest absolute Gasteiger partial charge is 0.0654 e. The Morgan fingerprint density at radius 2 is 2.00 bits per heavy atom. The van der Waals surface area contributed by atoms with Crippen molar-refractivity contribution in [2.45, 2.75) is 64.2 Å². The summed E-state index contributed by atoms with van der Waals surface area (Å²) in [5.41, 5.74) is 2.90. The summed E-state index contributed by atoms with van der Waals surface area (Å²) in [7, 11) is 0. The standard InChI is InChI=1S/C16H23/c1-2-3-8-14-9-7-12-16(13-14)15-10-5-4-6-11-15/h7,9,12,15H,2-6,8,10-11H2,1H3. The second kappa shape index (κ2) is 6.08. The maximum absolute atomic E-state index is 3.65. The normalized spacial score (nSPS) is 17.6. The van der Waals surface area contributed by atoms with E-state index in [1.807, 2.05) is 0 Å². The number of hydrogen-bond donors (Lipinski definition) is 0. The predicted molar refractivity (Wildman–Crippen MR) is 69.7 cm³/mol. The maximum atomic E-state index is 3.65. The molecule has 87 valence electrons. The molecule has 1 aromatic carbocycles. The van der Waals surface area contributed by atoms with Crippen molar-refractivity contribution in [3.05, 3.63) is 35.4 Å². The zero-order chi connectivity index (χ0) is 11.2. The third-order valence-electron chi connectivity index (χ3n) is 3.72. The van der Waals surface area contributed by atoms with E-state index in [1.165, 1.54) is 62.5 Å². The second-order valence-electron chi connectivity index (χ2n) is 5.07. The fourth-order valence-corrected chi connectivity index (χ4v) is 2.70. The molecule has 0 aliphatic heterocycles. The minimum atomic E-state index is 0.801. The molecule has 1 radical (unpaired) electrons. The van der Waals surface area contributed by atoms with Gasteiger partial charge >= 0.3 is 0 Å². The van der Waals surface area contributed by atoms with Gasteiger partial charge in [0.25, 0.3) is 0 Å². The summed E-state index contributed by atoms with van der Waals surface area (Å²) in [4.78, 5) is 0. The van der Waals surface area contributed by atoms with Crippen LogP contribution in [0.5, 0.6) is 0 Å². The molecule has 0 nitrogen and oxygen atoms in total. The summed E-state index contributed by atoms with van der Waals surface area (Å²) in [6.07, 6.45) is 10.8. The molecule has 0 heteroatoms. The lowest BCUT2D eigenvalue weighted by Crippen LogP contribution is -2.05. The van der Waals surface area contributed by atoms with Crippen molar-refractivity contribution in [2.75, 3.05) is 0 Å². The fraction of sp³-hybridized carbons (Fsp3) is 0.625. The fourth-order valence-electron chi connectivity index (χ4n) is 2.70. The van der Waals surface area contributed by atoms with Crippen LogP contribution in [0.3, 0.4) is 0 Å². The highest BCUT2D eigenvalue weighted by Gasteiger charge is 2.15. The zero-order valence-corrected chi connectivity index (χ0v) is 10.5. The van der Waals surface area contributed by atoms with Crippen LogP contribution < -0.4 is 0 Å². The van der Waals surface area contributed by atoms with Gasteiger partial charge in [-0.25, -0.2) is 0 Å². The van der Waals surface area contributed by atoms with Gasteiger partial charge in [0.15, 0.2) is 0 Å². The van der Waals surface area contributed by atoms with Crippen LogP contribution in [0, 0.1) is 6.07 Å². The summed E-state index contributed by atoms with van der Waals surface area (Å²) in [6, 6.07) is 10.4. The van der Waals surface area contributed by atoms with Gasteiger partial charge < -0.3 is 0 Å². The Labute approximate surface area is 100 Å². The van der Waals surface area contributed by atoms with E-state index >= 15 is 0 Å². The Bertz CT molecular complexity index is 308. The van der Waals surface area contributed by atoms with Crippen molar-refractivity contribution in [3.8, 4) is 0 Å². The molecule has 1 aliphatic carbocycles. The van der Waals surface area contributed by atoms with Crippen LogP contribution in [0.25, 0.3) is 0 Å². The van der Waals surface area contributed by atoms with Gasteiger partial charge in [-0.05, 0) is 48.8 Å². The third kappa shape index (κ3) is 3.10. The first-order valence-electron chi connectivity index (χ1n) is 6.91. The average Bonchev–Trinajstić information content (AvgIpc) is 2.38. The molecule has 2 rings (SSSR count). The molecule has 16 heavy (non-hydrogen) atoms. The monoisotopic (exact) mass is 215 g/mol. The van der Waals surface area contributed by atoms with Crippen molar-refractivity contribution < 1.29 is 0 Å². The third-order valence-corrected chi connectivity index (χ3v) is 3.72. The number of aryl methyl sites for hydroxylation is 1. The molecular weight excluding hydrogens is 192 g/mol. The SMILES string of the molecule is CCCCc1[c]c(C2CCCCC2)ccc1. The van der Waals surface area contributed by atoms with E-state index in [9.17, 15) is 0 Å². The van der Waals surface area contributed by atoms with Crippen LogP contribution >= 0.6 is 0 Å². The number of hydrogen-bond acceptors (Lipinski definition) is 0. The van der Waals surface area contributed by atoms with Crippen molar-refractivity contribution in [2.24, 2.45) is 0 Å². The summed E-state index contributed by atoms with van der Waals surface area (Å²) in [5, 5.41) is 0. The van der Waals surface area contributed by atoms with Gasteiger partial charge in [-0.1, -0.05) is 50.8 Å². The van der Waals surface area contributed by atoms with Crippen molar-refractivity contribution in [1.82, 2.24) is 0 Å². The predicted octanol–water partition coefficient (Wildman–Crippen LogP) is 4.88. The van der Waals surface area contributed by atoms with Gasteiger partial charge in [0.1, 0.15) is 0 Å². The van der Waals surface area contributed by atoms with Gasteiger partial charge in [-0.15, -0.1) is 0 Å². The average molecular weight is 215 g/mol. The minimum absolute atomic E-state index is 0.801. The molecule has 0 saturated heterocycles. The molecule has 0 heterocycles. The molecular formula is C16H23. The highest BCUT2D eigenvalue weighted by atomic mass is 14.2. The van der Waals surface area contributed by atoms with Crippen LogP contribution in [0.2, 0.25) is 0 Å². The topological polar surface area (TPSA) is 0 Å². The van der Waals surface area contributed by atoms with Crippen LogP contribution in [0.15, 0.2) is 18.2 Å². The minimum Gasteiger partial charge on any atom is -0.0654 e. The molecule has 0 aromatic heterocycles. The van der Waals surface area contributed by atoms with Gasteiger partial charge in [0.05, 0.1) is 0 Å². The highest BCUT2D eigenvalue weighted by molar-refractivity contribution is 5.25. The van der Waals surface area contributed by atoms with E-state index in [-0.39, 0.29) is 0 Å². The Balaban J connectivity index is 2.02. The Morgan fingerprint density at radius 1 is 1.19 bits per heavy atom. The maximum Gasteiger partial charge on any atom is -0.0111 e. The van der Waals surface area contributed by atoms with Crippen molar-refractivity contribution in [3.63, 3.8) is 0 Å². The zero-order valence-electron chi connectivity index (χ0n) is 10.5. The Morgan fingerprint density at radius 3 is 2.75 bits per heavy atom. The first-order chi connectivity index (χ1) is 7.90. The first-order valence-corrected chi connectivity index (χ1v) is 6.91. The second-order valence-corrected chi connectivity index (χ2v) is 5.07. The van der Waals surface area contributed by atoms with Gasteiger partial charge in [0, 0.05) is 0 Å². The van der Waals surface area contributed by atoms with E-state index in [0.29, 0.717) is 0 Å². The van der Waals surface area contributed by atoms with Crippen molar-refractivity contribution in [1.29, 1.82) is 0 Å². The molecule has 1 aromatic rings. The smallest absolute Gasteiger partial charge is 0.0111 e.